The molecule has 5 nitrogen and oxygen atoms in total. The van der Waals surface area contributed by atoms with Gasteiger partial charge in [-0.3, -0.25) is 4.79 Å². The smallest absolute Gasteiger partial charge is 0.346 e. The summed E-state index contributed by atoms with van der Waals surface area (Å²) >= 11 is 0. The number of carbonyl (C=O) groups is 2. The Morgan fingerprint density at radius 3 is 2.41 bits per heavy atom. The van der Waals surface area contributed by atoms with E-state index in [-0.39, 0.29) is 11.5 Å². The number of allylic oxidation sites excluding steroid dienone is 1. The minimum atomic E-state index is -0.750. The van der Waals surface area contributed by atoms with Crippen molar-refractivity contribution in [2.24, 2.45) is 0 Å². The van der Waals surface area contributed by atoms with Crippen LogP contribution in [-0.4, -0.2) is 25.0 Å². The fraction of sp³-hybridized carbons (Fsp3) is 0.273. The summed E-state index contributed by atoms with van der Waals surface area (Å²) in [5.74, 6) is 0.914. The lowest BCUT2D eigenvalue weighted by atomic mass is 10.0. The largest absolute Gasteiger partial charge is 0.479 e. The molecule has 0 spiro atoms. The Bertz CT molecular complexity index is 893. The Labute approximate surface area is 158 Å². The summed E-state index contributed by atoms with van der Waals surface area (Å²) < 4.78 is 15.9. The molecule has 1 aliphatic rings. The first kappa shape index (κ1) is 18.7. The number of Topliss-reactive ketones (excluding diaryl/α,β-unsaturated/α-hetero) is 1. The molecule has 140 valence electrons. The van der Waals surface area contributed by atoms with Gasteiger partial charge in [0.25, 0.3) is 0 Å². The van der Waals surface area contributed by atoms with Gasteiger partial charge in [0.05, 0.1) is 12.7 Å². The molecule has 1 atom stereocenters. The molecule has 1 heterocycles. The van der Waals surface area contributed by atoms with E-state index in [1.54, 1.807) is 31.2 Å². The molecule has 3 rings (SSSR count). The van der Waals surface area contributed by atoms with E-state index < -0.39 is 12.1 Å². The number of ketones is 1. The summed E-state index contributed by atoms with van der Waals surface area (Å²) in [7, 11) is 1.30. The lowest BCUT2D eigenvalue weighted by molar-refractivity contribution is -0.147. The summed E-state index contributed by atoms with van der Waals surface area (Å²) in [6, 6.07) is 12.9. The van der Waals surface area contributed by atoms with Crippen LogP contribution < -0.4 is 9.47 Å². The topological polar surface area (TPSA) is 61.8 Å². The van der Waals surface area contributed by atoms with Crippen LogP contribution in [0.5, 0.6) is 11.5 Å². The molecule has 0 aliphatic carbocycles. The van der Waals surface area contributed by atoms with E-state index in [0.717, 1.165) is 5.56 Å². The standard InChI is InChI=1S/C22H22O5/c1-13(2)16-7-5-15(6-8-16)11-20-21(23)18-10-9-17(12-19(18)27-20)26-14(3)22(24)25-4/h5-14H,1-4H3/t14-/m0/s1. The second kappa shape index (κ2) is 7.66. The van der Waals surface area contributed by atoms with Gasteiger partial charge < -0.3 is 14.2 Å². The molecule has 2 aromatic carbocycles. The number of ether oxygens (including phenoxy) is 3. The Kier molecular flexibility index (Phi) is 5.31. The predicted molar refractivity (Wildman–Crippen MR) is 102 cm³/mol. The Morgan fingerprint density at radius 1 is 1.07 bits per heavy atom. The quantitative estimate of drug-likeness (QED) is 0.581. The average molecular weight is 366 g/mol. The molecular formula is C22H22O5. The summed E-state index contributed by atoms with van der Waals surface area (Å²) in [5.41, 5.74) is 2.60. The Morgan fingerprint density at radius 2 is 1.78 bits per heavy atom. The first-order valence-electron chi connectivity index (χ1n) is 8.81. The number of fused-ring (bicyclic) bond motifs is 1. The van der Waals surface area contributed by atoms with E-state index in [9.17, 15) is 9.59 Å². The maximum Gasteiger partial charge on any atom is 0.346 e. The van der Waals surface area contributed by atoms with Crippen LogP contribution in [0.2, 0.25) is 0 Å². The van der Waals surface area contributed by atoms with Crippen LogP contribution in [0.15, 0.2) is 48.2 Å². The Hall–Kier alpha value is -3.08. The van der Waals surface area contributed by atoms with Crippen molar-refractivity contribution in [1.29, 1.82) is 0 Å². The van der Waals surface area contributed by atoms with Crippen molar-refractivity contribution in [1.82, 2.24) is 0 Å². The van der Waals surface area contributed by atoms with Gasteiger partial charge in [-0.05, 0) is 42.2 Å². The van der Waals surface area contributed by atoms with Crippen LogP contribution in [0.1, 0.15) is 48.2 Å². The van der Waals surface area contributed by atoms with Gasteiger partial charge in [0, 0.05) is 6.07 Å². The number of carbonyl (C=O) groups excluding carboxylic acids is 2. The number of rotatable bonds is 5. The second-order valence-corrected chi connectivity index (χ2v) is 6.70. The van der Waals surface area contributed by atoms with Crippen molar-refractivity contribution in [3.63, 3.8) is 0 Å². The highest BCUT2D eigenvalue weighted by Gasteiger charge is 2.28. The van der Waals surface area contributed by atoms with Crippen LogP contribution >= 0.6 is 0 Å². The van der Waals surface area contributed by atoms with Crippen LogP contribution in [-0.2, 0) is 9.53 Å². The summed E-state index contributed by atoms with van der Waals surface area (Å²) in [6.45, 7) is 5.86. The third kappa shape index (κ3) is 4.03. The lowest BCUT2D eigenvalue weighted by Crippen LogP contribution is -2.24. The van der Waals surface area contributed by atoms with Crippen molar-refractivity contribution in [2.45, 2.75) is 32.8 Å². The number of hydrogen-bond donors (Lipinski definition) is 0. The van der Waals surface area contributed by atoms with Crippen molar-refractivity contribution in [3.8, 4) is 11.5 Å². The van der Waals surface area contributed by atoms with Gasteiger partial charge in [-0.25, -0.2) is 4.79 Å². The van der Waals surface area contributed by atoms with Gasteiger partial charge >= 0.3 is 5.97 Å². The molecule has 27 heavy (non-hydrogen) atoms. The maximum atomic E-state index is 12.6. The minimum Gasteiger partial charge on any atom is -0.479 e. The lowest BCUT2D eigenvalue weighted by Gasteiger charge is -2.12. The van der Waals surface area contributed by atoms with Gasteiger partial charge in [0.15, 0.2) is 11.9 Å². The van der Waals surface area contributed by atoms with Gasteiger partial charge in [-0.2, -0.15) is 0 Å². The highest BCUT2D eigenvalue weighted by molar-refractivity contribution is 6.14. The molecule has 0 aromatic heterocycles. The molecule has 0 saturated carbocycles. The van der Waals surface area contributed by atoms with Crippen molar-refractivity contribution in [2.75, 3.05) is 7.11 Å². The summed E-state index contributed by atoms with van der Waals surface area (Å²) in [6.07, 6.45) is 0.976. The zero-order chi connectivity index (χ0) is 19.6. The van der Waals surface area contributed by atoms with Crippen LogP contribution in [0.25, 0.3) is 6.08 Å². The zero-order valence-corrected chi connectivity index (χ0v) is 15.8. The van der Waals surface area contributed by atoms with E-state index in [2.05, 4.69) is 18.6 Å². The summed E-state index contributed by atoms with van der Waals surface area (Å²) in [4.78, 5) is 24.0. The highest BCUT2D eigenvalue weighted by Crippen LogP contribution is 2.35. The molecule has 0 fully saturated rings. The number of methoxy groups -OCH3 is 1. The maximum absolute atomic E-state index is 12.6. The average Bonchev–Trinajstić information content (AvgIpc) is 2.96. The van der Waals surface area contributed by atoms with E-state index in [0.29, 0.717) is 23.0 Å². The monoisotopic (exact) mass is 366 g/mol. The van der Waals surface area contributed by atoms with Gasteiger partial charge in [-0.15, -0.1) is 0 Å². The zero-order valence-electron chi connectivity index (χ0n) is 15.8. The van der Waals surface area contributed by atoms with Crippen LogP contribution in [0.4, 0.5) is 0 Å². The molecule has 5 heteroatoms. The van der Waals surface area contributed by atoms with Gasteiger partial charge in [0.2, 0.25) is 5.78 Å². The fourth-order valence-electron chi connectivity index (χ4n) is 2.79. The van der Waals surface area contributed by atoms with Crippen LogP contribution in [0, 0.1) is 0 Å². The third-order valence-corrected chi connectivity index (χ3v) is 4.39. The molecule has 0 bridgehead atoms. The number of benzene rings is 2. The van der Waals surface area contributed by atoms with E-state index in [4.69, 9.17) is 9.47 Å². The molecule has 0 N–H and O–H groups in total. The first-order valence-corrected chi connectivity index (χ1v) is 8.81. The highest BCUT2D eigenvalue weighted by atomic mass is 16.6. The van der Waals surface area contributed by atoms with E-state index in [1.807, 2.05) is 24.3 Å². The SMILES string of the molecule is COC(=O)[C@H](C)Oc1ccc2c(c1)OC(=Cc1ccc(C(C)C)cc1)C2=O. The predicted octanol–water partition coefficient (Wildman–Crippen LogP) is 4.37. The summed E-state index contributed by atoms with van der Waals surface area (Å²) in [5, 5.41) is 0. The number of esters is 1. The fourth-order valence-corrected chi connectivity index (χ4v) is 2.79. The molecule has 2 aromatic rings. The van der Waals surface area contributed by atoms with Crippen molar-refractivity contribution >= 4 is 17.8 Å². The second-order valence-electron chi connectivity index (χ2n) is 6.70. The number of hydrogen-bond acceptors (Lipinski definition) is 5. The van der Waals surface area contributed by atoms with E-state index >= 15 is 0 Å². The third-order valence-electron chi connectivity index (χ3n) is 4.39. The molecular weight excluding hydrogens is 344 g/mol. The van der Waals surface area contributed by atoms with Gasteiger partial charge in [0.1, 0.15) is 11.5 Å². The normalized spacial score (nSPS) is 15.4. The minimum absolute atomic E-state index is 0.175. The van der Waals surface area contributed by atoms with Crippen molar-refractivity contribution < 1.29 is 23.8 Å². The molecule has 0 saturated heterocycles. The van der Waals surface area contributed by atoms with Crippen molar-refractivity contribution in [3.05, 3.63) is 64.9 Å². The molecule has 0 radical (unpaired) electrons. The molecule has 1 aliphatic heterocycles. The molecule has 0 unspecified atom stereocenters. The van der Waals surface area contributed by atoms with E-state index in [1.165, 1.54) is 12.7 Å². The van der Waals surface area contributed by atoms with Crippen LogP contribution in [0.3, 0.4) is 0 Å². The van der Waals surface area contributed by atoms with Gasteiger partial charge in [-0.1, -0.05) is 38.1 Å². The first-order chi connectivity index (χ1) is 12.9. The molecule has 0 amide bonds. The Balaban J connectivity index is 1.79.